The van der Waals surface area contributed by atoms with E-state index in [0.717, 1.165) is 24.6 Å². The molecular weight excluding hydrogens is 409 g/mol. The molecule has 0 saturated carbocycles. The van der Waals surface area contributed by atoms with E-state index in [1.54, 1.807) is 36.6 Å². The van der Waals surface area contributed by atoms with Crippen LogP contribution in [0.5, 0.6) is 5.75 Å². The van der Waals surface area contributed by atoms with E-state index < -0.39 is 0 Å². The second-order valence-corrected chi connectivity index (χ2v) is 7.67. The summed E-state index contributed by atoms with van der Waals surface area (Å²) in [4.78, 5) is 17.0. The summed E-state index contributed by atoms with van der Waals surface area (Å²) >= 11 is 0. The number of ether oxygens (including phenoxy) is 1. The molecule has 7 heteroatoms. The fourth-order valence-corrected chi connectivity index (χ4v) is 4.03. The predicted octanol–water partition coefficient (Wildman–Crippen LogP) is 4.11. The lowest BCUT2D eigenvalue weighted by Crippen LogP contribution is -2.50. The van der Waals surface area contributed by atoms with E-state index in [1.807, 2.05) is 31.2 Å². The Labute approximate surface area is 187 Å². The molecule has 1 aliphatic rings. The standard InChI is InChI=1S/C25H28FN3O3/c1-2-31-20-11-9-19(10-12-20)25(30)27-18-23(24-8-5-17-32-24)29-15-13-28(14-16-29)22-7-4-3-6-21(22)26/h3-12,17,23H,2,13-16,18H2,1H3,(H,27,30). The highest BCUT2D eigenvalue weighted by Crippen LogP contribution is 2.26. The topological polar surface area (TPSA) is 58.0 Å². The van der Waals surface area contributed by atoms with E-state index in [2.05, 4.69) is 15.1 Å². The summed E-state index contributed by atoms with van der Waals surface area (Å²) in [5.41, 5.74) is 1.21. The number of nitrogens with one attached hydrogen (secondary N) is 1. The van der Waals surface area contributed by atoms with Crippen molar-refractivity contribution >= 4 is 11.6 Å². The SMILES string of the molecule is CCOc1ccc(C(=O)NCC(c2ccco2)N2CCN(c3ccccc3F)CC2)cc1. The van der Waals surface area contributed by atoms with Crippen LogP contribution in [0.3, 0.4) is 0 Å². The number of halogens is 1. The molecule has 0 bridgehead atoms. The van der Waals surface area contributed by atoms with E-state index >= 15 is 0 Å². The van der Waals surface area contributed by atoms with Crippen molar-refractivity contribution < 1.29 is 18.3 Å². The van der Waals surface area contributed by atoms with Crippen LogP contribution in [-0.4, -0.2) is 50.1 Å². The van der Waals surface area contributed by atoms with Crippen molar-refractivity contribution in [2.24, 2.45) is 0 Å². The third-order valence-corrected chi connectivity index (χ3v) is 5.70. The highest BCUT2D eigenvalue weighted by molar-refractivity contribution is 5.94. The third-order valence-electron chi connectivity index (χ3n) is 5.70. The van der Waals surface area contributed by atoms with E-state index in [-0.39, 0.29) is 17.8 Å². The van der Waals surface area contributed by atoms with Crippen LogP contribution in [0.25, 0.3) is 0 Å². The van der Waals surface area contributed by atoms with Gasteiger partial charge < -0.3 is 19.4 Å². The molecule has 2 aromatic carbocycles. The summed E-state index contributed by atoms with van der Waals surface area (Å²) in [6, 6.07) is 17.7. The van der Waals surface area contributed by atoms with Gasteiger partial charge in [0, 0.05) is 38.3 Å². The fraction of sp³-hybridized carbons (Fsp3) is 0.320. The zero-order valence-electron chi connectivity index (χ0n) is 18.2. The molecule has 4 rings (SSSR count). The van der Waals surface area contributed by atoms with Crippen molar-refractivity contribution in [2.75, 3.05) is 44.2 Å². The molecule has 6 nitrogen and oxygen atoms in total. The molecule has 0 radical (unpaired) electrons. The Bertz CT molecular complexity index is 1000. The first-order valence-electron chi connectivity index (χ1n) is 10.9. The number of hydrogen-bond acceptors (Lipinski definition) is 5. The number of carbonyl (C=O) groups excluding carboxylic acids is 1. The fourth-order valence-electron chi connectivity index (χ4n) is 4.03. The Hall–Kier alpha value is -3.32. The maximum atomic E-state index is 14.2. The summed E-state index contributed by atoms with van der Waals surface area (Å²) in [6.07, 6.45) is 1.65. The van der Waals surface area contributed by atoms with Crippen LogP contribution in [0.2, 0.25) is 0 Å². The molecule has 1 aromatic heterocycles. The molecule has 3 aromatic rings. The van der Waals surface area contributed by atoms with Gasteiger partial charge in [0.2, 0.25) is 0 Å². The second-order valence-electron chi connectivity index (χ2n) is 7.67. The number of anilines is 1. The smallest absolute Gasteiger partial charge is 0.251 e. The molecule has 1 N–H and O–H groups in total. The molecule has 0 aliphatic carbocycles. The predicted molar refractivity (Wildman–Crippen MR) is 122 cm³/mol. The van der Waals surface area contributed by atoms with E-state index in [9.17, 15) is 9.18 Å². The number of para-hydroxylation sites is 1. The molecule has 32 heavy (non-hydrogen) atoms. The zero-order chi connectivity index (χ0) is 22.3. The number of piperazine rings is 1. The quantitative estimate of drug-likeness (QED) is 0.575. The number of nitrogens with zero attached hydrogens (tertiary/aromatic N) is 2. The van der Waals surface area contributed by atoms with Gasteiger partial charge in [0.15, 0.2) is 0 Å². The lowest BCUT2D eigenvalue weighted by Gasteiger charge is -2.39. The number of benzene rings is 2. The summed E-state index contributed by atoms with van der Waals surface area (Å²) in [5, 5.41) is 3.03. The monoisotopic (exact) mass is 437 g/mol. The van der Waals surface area contributed by atoms with Crippen LogP contribution in [0.15, 0.2) is 71.3 Å². The minimum atomic E-state index is -0.203. The molecule has 1 unspecified atom stereocenters. The van der Waals surface area contributed by atoms with Gasteiger partial charge >= 0.3 is 0 Å². The van der Waals surface area contributed by atoms with Crippen molar-refractivity contribution in [3.8, 4) is 5.75 Å². The molecule has 168 valence electrons. The van der Waals surface area contributed by atoms with E-state index in [4.69, 9.17) is 9.15 Å². The van der Waals surface area contributed by atoms with Crippen molar-refractivity contribution in [3.63, 3.8) is 0 Å². The maximum absolute atomic E-state index is 14.2. The Morgan fingerprint density at radius 2 is 1.81 bits per heavy atom. The van der Waals surface area contributed by atoms with Crippen LogP contribution >= 0.6 is 0 Å². The Balaban J connectivity index is 1.39. The average Bonchev–Trinajstić information content (AvgIpc) is 3.35. The van der Waals surface area contributed by atoms with Gasteiger partial charge in [-0.15, -0.1) is 0 Å². The molecular formula is C25H28FN3O3. The Morgan fingerprint density at radius 1 is 1.06 bits per heavy atom. The lowest BCUT2D eigenvalue weighted by atomic mass is 10.1. The third kappa shape index (κ3) is 5.11. The van der Waals surface area contributed by atoms with Crippen LogP contribution in [0, 0.1) is 5.82 Å². The highest BCUT2D eigenvalue weighted by atomic mass is 19.1. The number of hydrogen-bond donors (Lipinski definition) is 1. The largest absolute Gasteiger partial charge is 0.494 e. The van der Waals surface area contributed by atoms with Crippen LogP contribution in [0.4, 0.5) is 10.1 Å². The van der Waals surface area contributed by atoms with Gasteiger partial charge in [-0.2, -0.15) is 0 Å². The van der Waals surface area contributed by atoms with Gasteiger partial charge in [0.05, 0.1) is 24.6 Å². The zero-order valence-corrected chi connectivity index (χ0v) is 18.2. The maximum Gasteiger partial charge on any atom is 0.251 e. The summed E-state index contributed by atoms with van der Waals surface area (Å²) in [6.45, 7) is 5.79. The van der Waals surface area contributed by atoms with Crippen molar-refractivity contribution in [3.05, 3.63) is 84.1 Å². The average molecular weight is 438 g/mol. The normalized spacial score (nSPS) is 15.4. The highest BCUT2D eigenvalue weighted by Gasteiger charge is 2.28. The molecule has 1 saturated heterocycles. The number of rotatable bonds is 8. The molecule has 1 aliphatic heterocycles. The van der Waals surface area contributed by atoms with Crippen molar-refractivity contribution in [1.82, 2.24) is 10.2 Å². The van der Waals surface area contributed by atoms with Crippen LogP contribution in [-0.2, 0) is 0 Å². The van der Waals surface area contributed by atoms with Crippen LogP contribution in [0.1, 0.15) is 29.1 Å². The summed E-state index contributed by atoms with van der Waals surface area (Å²) < 4.78 is 25.3. The van der Waals surface area contributed by atoms with E-state index in [1.165, 1.54) is 6.07 Å². The second kappa shape index (κ2) is 10.3. The van der Waals surface area contributed by atoms with Crippen LogP contribution < -0.4 is 15.0 Å². The molecule has 0 spiro atoms. The van der Waals surface area contributed by atoms with Gasteiger partial charge in [-0.25, -0.2) is 4.39 Å². The van der Waals surface area contributed by atoms with Gasteiger partial charge in [0.1, 0.15) is 17.3 Å². The number of furan rings is 1. The summed E-state index contributed by atoms with van der Waals surface area (Å²) in [7, 11) is 0. The Morgan fingerprint density at radius 3 is 2.47 bits per heavy atom. The van der Waals surface area contributed by atoms with Crippen molar-refractivity contribution in [2.45, 2.75) is 13.0 Å². The number of amides is 1. The first kappa shape index (κ1) is 21.9. The lowest BCUT2D eigenvalue weighted by molar-refractivity contribution is 0.0922. The van der Waals surface area contributed by atoms with Gasteiger partial charge in [-0.1, -0.05) is 12.1 Å². The molecule has 1 atom stereocenters. The minimum Gasteiger partial charge on any atom is -0.494 e. The summed E-state index contributed by atoms with van der Waals surface area (Å²) in [5.74, 6) is 1.20. The van der Waals surface area contributed by atoms with Gasteiger partial charge in [-0.05, 0) is 55.5 Å². The Kier molecular flexibility index (Phi) is 7.07. The molecule has 1 amide bonds. The first-order chi connectivity index (χ1) is 15.7. The first-order valence-corrected chi connectivity index (χ1v) is 10.9. The molecule has 2 heterocycles. The minimum absolute atomic E-state index is 0.0978. The van der Waals surface area contributed by atoms with E-state index in [0.29, 0.717) is 37.5 Å². The van der Waals surface area contributed by atoms with Gasteiger partial charge in [-0.3, -0.25) is 9.69 Å². The number of carbonyl (C=O) groups is 1. The van der Waals surface area contributed by atoms with Crippen molar-refractivity contribution in [1.29, 1.82) is 0 Å². The molecule has 1 fully saturated rings. The van der Waals surface area contributed by atoms with Gasteiger partial charge in [0.25, 0.3) is 5.91 Å².